The number of benzene rings is 1. The van der Waals surface area contributed by atoms with E-state index in [4.69, 9.17) is 16.3 Å². The molecule has 1 fully saturated rings. The van der Waals surface area contributed by atoms with E-state index in [-0.39, 0.29) is 5.44 Å². The summed E-state index contributed by atoms with van der Waals surface area (Å²) < 4.78 is 7.71. The monoisotopic (exact) mass is 265 g/mol. The minimum atomic E-state index is 0.190. The lowest BCUT2D eigenvalue weighted by Gasteiger charge is -2.06. The van der Waals surface area contributed by atoms with Gasteiger partial charge >= 0.3 is 0 Å². The van der Waals surface area contributed by atoms with E-state index in [0.29, 0.717) is 0 Å². The van der Waals surface area contributed by atoms with Crippen molar-refractivity contribution in [2.45, 2.75) is 5.44 Å². The van der Waals surface area contributed by atoms with Crippen LogP contribution in [0.1, 0.15) is 11.0 Å². The molecule has 0 bridgehead atoms. The Labute approximate surface area is 110 Å². The van der Waals surface area contributed by atoms with Crippen LogP contribution >= 0.6 is 23.4 Å². The van der Waals surface area contributed by atoms with Crippen molar-refractivity contribution in [3.8, 4) is 5.69 Å². The van der Waals surface area contributed by atoms with Crippen molar-refractivity contribution in [3.63, 3.8) is 0 Å². The molecule has 0 saturated carbocycles. The van der Waals surface area contributed by atoms with Gasteiger partial charge in [-0.2, -0.15) is 0 Å². The van der Waals surface area contributed by atoms with Gasteiger partial charge in [0.15, 0.2) is 0 Å². The van der Waals surface area contributed by atoms with Crippen LogP contribution in [0, 0.1) is 0 Å². The van der Waals surface area contributed by atoms with Gasteiger partial charge in [-0.25, -0.2) is 0 Å². The van der Waals surface area contributed by atoms with Crippen molar-refractivity contribution >= 4 is 23.4 Å². The lowest BCUT2D eigenvalue weighted by Crippen LogP contribution is -1.92. The predicted molar refractivity (Wildman–Crippen MR) is 71.9 cm³/mol. The van der Waals surface area contributed by atoms with Crippen LogP contribution in [0.2, 0.25) is 5.02 Å². The maximum Gasteiger partial charge on any atom is 0.130 e. The lowest BCUT2D eigenvalue weighted by atomic mass is 10.3. The van der Waals surface area contributed by atoms with Gasteiger partial charge in [0.25, 0.3) is 0 Å². The van der Waals surface area contributed by atoms with Crippen molar-refractivity contribution in [3.05, 3.63) is 53.3 Å². The Morgan fingerprint density at radius 1 is 1.35 bits per heavy atom. The molecule has 2 nitrogen and oxygen atoms in total. The molecule has 88 valence electrons. The Morgan fingerprint density at radius 3 is 3.06 bits per heavy atom. The van der Waals surface area contributed by atoms with E-state index in [9.17, 15) is 0 Å². The Morgan fingerprint density at radius 2 is 2.29 bits per heavy atom. The molecule has 2 heterocycles. The maximum absolute atomic E-state index is 5.99. The van der Waals surface area contributed by atoms with Crippen molar-refractivity contribution in [2.24, 2.45) is 0 Å². The molecule has 1 aromatic carbocycles. The van der Waals surface area contributed by atoms with Gasteiger partial charge in [-0.15, -0.1) is 11.8 Å². The molecule has 0 unspecified atom stereocenters. The molecule has 0 N–H and O–H groups in total. The third-order valence-electron chi connectivity index (χ3n) is 2.72. The average molecular weight is 266 g/mol. The van der Waals surface area contributed by atoms with Crippen LogP contribution in [0.4, 0.5) is 0 Å². The summed E-state index contributed by atoms with van der Waals surface area (Å²) in [5.74, 6) is 1.08. The number of thioether (sulfide) groups is 1. The van der Waals surface area contributed by atoms with E-state index >= 15 is 0 Å². The summed E-state index contributed by atoms with van der Waals surface area (Å²) in [6.45, 7) is 0.845. The fraction of sp³-hybridized carbons (Fsp3) is 0.231. The van der Waals surface area contributed by atoms with Crippen LogP contribution in [0.3, 0.4) is 0 Å². The lowest BCUT2D eigenvalue weighted by molar-refractivity contribution is 0.145. The van der Waals surface area contributed by atoms with Crippen molar-refractivity contribution in [2.75, 3.05) is 12.4 Å². The highest BCUT2D eigenvalue weighted by Crippen LogP contribution is 2.35. The zero-order valence-corrected chi connectivity index (χ0v) is 10.7. The van der Waals surface area contributed by atoms with Gasteiger partial charge in [0.1, 0.15) is 5.44 Å². The summed E-state index contributed by atoms with van der Waals surface area (Å²) in [5, 5.41) is 0.754. The van der Waals surface area contributed by atoms with Crippen LogP contribution in [0.25, 0.3) is 5.69 Å². The smallest absolute Gasteiger partial charge is 0.130 e. The SMILES string of the molecule is Clc1cccc(-n2ccc([C@H]3OCCS3)c2)c1. The molecule has 4 heteroatoms. The van der Waals surface area contributed by atoms with Crippen LogP contribution in [-0.2, 0) is 4.74 Å². The first-order chi connectivity index (χ1) is 8.33. The third-order valence-corrected chi connectivity index (χ3v) is 4.06. The first kappa shape index (κ1) is 11.2. The Bertz CT molecular complexity index is 520. The fourth-order valence-electron chi connectivity index (χ4n) is 1.90. The van der Waals surface area contributed by atoms with Crippen molar-refractivity contribution < 1.29 is 4.74 Å². The summed E-state index contributed by atoms with van der Waals surface area (Å²) in [7, 11) is 0. The summed E-state index contributed by atoms with van der Waals surface area (Å²) >= 11 is 7.83. The van der Waals surface area contributed by atoms with Gasteiger partial charge in [-0.1, -0.05) is 17.7 Å². The van der Waals surface area contributed by atoms with E-state index in [0.717, 1.165) is 23.1 Å². The van der Waals surface area contributed by atoms with Gasteiger partial charge in [-0.05, 0) is 24.3 Å². The topological polar surface area (TPSA) is 14.2 Å². The number of aromatic nitrogens is 1. The standard InChI is InChI=1S/C13H12ClNOS/c14-11-2-1-3-12(8-11)15-5-4-10(9-15)13-16-6-7-17-13/h1-5,8-9,13H,6-7H2/t13-/m0/s1. The molecule has 2 aromatic rings. The maximum atomic E-state index is 5.99. The number of hydrogen-bond acceptors (Lipinski definition) is 2. The summed E-state index contributed by atoms with van der Waals surface area (Å²) in [6.07, 6.45) is 4.15. The Balaban J connectivity index is 1.89. The molecule has 0 aliphatic carbocycles. The van der Waals surface area contributed by atoms with Crippen LogP contribution in [0.5, 0.6) is 0 Å². The molecule has 1 aliphatic heterocycles. The number of nitrogens with zero attached hydrogens (tertiary/aromatic N) is 1. The molecule has 1 atom stereocenters. The molecule has 0 spiro atoms. The van der Waals surface area contributed by atoms with E-state index in [2.05, 4.69) is 16.8 Å². The molecular formula is C13H12ClNOS. The molecule has 0 radical (unpaired) electrons. The number of hydrogen-bond donors (Lipinski definition) is 0. The van der Waals surface area contributed by atoms with Gasteiger partial charge in [-0.3, -0.25) is 0 Å². The molecule has 1 aromatic heterocycles. The van der Waals surface area contributed by atoms with Crippen LogP contribution in [0.15, 0.2) is 42.7 Å². The first-order valence-electron chi connectivity index (χ1n) is 5.50. The summed E-state index contributed by atoms with van der Waals surface area (Å²) in [4.78, 5) is 0. The molecule has 1 saturated heterocycles. The van der Waals surface area contributed by atoms with E-state index in [1.807, 2.05) is 42.2 Å². The highest BCUT2D eigenvalue weighted by atomic mass is 35.5. The normalized spacial score (nSPS) is 19.7. The Kier molecular flexibility index (Phi) is 3.14. The second kappa shape index (κ2) is 4.77. The third kappa shape index (κ3) is 2.37. The second-order valence-electron chi connectivity index (χ2n) is 3.91. The molecule has 17 heavy (non-hydrogen) atoms. The zero-order chi connectivity index (χ0) is 11.7. The molecule has 3 rings (SSSR count). The minimum absolute atomic E-state index is 0.190. The summed E-state index contributed by atoms with van der Waals surface area (Å²) in [5.41, 5.74) is 2.48. The van der Waals surface area contributed by atoms with Gasteiger partial charge in [0, 0.05) is 34.4 Å². The molecular weight excluding hydrogens is 254 g/mol. The average Bonchev–Trinajstić information content (AvgIpc) is 3.00. The second-order valence-corrected chi connectivity index (χ2v) is 5.51. The molecule has 0 amide bonds. The number of halogens is 1. The fourth-order valence-corrected chi connectivity index (χ4v) is 3.02. The largest absolute Gasteiger partial charge is 0.362 e. The van der Waals surface area contributed by atoms with Crippen LogP contribution in [-0.4, -0.2) is 16.9 Å². The number of rotatable bonds is 2. The van der Waals surface area contributed by atoms with Gasteiger partial charge < -0.3 is 9.30 Å². The number of ether oxygens (including phenoxy) is 1. The zero-order valence-electron chi connectivity index (χ0n) is 9.17. The summed E-state index contributed by atoms with van der Waals surface area (Å²) in [6, 6.07) is 9.93. The van der Waals surface area contributed by atoms with E-state index < -0.39 is 0 Å². The first-order valence-corrected chi connectivity index (χ1v) is 6.93. The predicted octanol–water partition coefficient (Wildman–Crippen LogP) is 3.89. The van der Waals surface area contributed by atoms with Gasteiger partial charge in [0.05, 0.1) is 6.61 Å². The highest BCUT2D eigenvalue weighted by molar-refractivity contribution is 7.99. The van der Waals surface area contributed by atoms with Crippen molar-refractivity contribution in [1.29, 1.82) is 0 Å². The van der Waals surface area contributed by atoms with E-state index in [1.54, 1.807) is 0 Å². The Hall–Kier alpha value is -0.900. The molecule has 1 aliphatic rings. The highest BCUT2D eigenvalue weighted by Gasteiger charge is 2.19. The van der Waals surface area contributed by atoms with Crippen molar-refractivity contribution in [1.82, 2.24) is 4.57 Å². The minimum Gasteiger partial charge on any atom is -0.362 e. The van der Waals surface area contributed by atoms with Crippen LogP contribution < -0.4 is 0 Å². The van der Waals surface area contributed by atoms with Gasteiger partial charge in [0.2, 0.25) is 0 Å². The van der Waals surface area contributed by atoms with E-state index in [1.165, 1.54) is 5.56 Å². The quantitative estimate of drug-likeness (QED) is 0.818.